The first-order valence-corrected chi connectivity index (χ1v) is 7.73. The van der Waals surface area contributed by atoms with Crippen LogP contribution in [0.1, 0.15) is 25.0 Å². The predicted molar refractivity (Wildman–Crippen MR) is 82.2 cm³/mol. The lowest BCUT2D eigenvalue weighted by molar-refractivity contribution is 0.252. The molecule has 1 heterocycles. The largest absolute Gasteiger partial charge is 0.384 e. The molecular weight excluding hydrogens is 273 g/mol. The van der Waals surface area contributed by atoms with Crippen molar-refractivity contribution in [3.05, 3.63) is 35.1 Å². The molecule has 0 unspecified atom stereocenters. The minimum absolute atomic E-state index is 0.249. The van der Waals surface area contributed by atoms with Crippen molar-refractivity contribution in [3.63, 3.8) is 0 Å². The number of nitrogens with zero attached hydrogens (tertiary/aromatic N) is 1. The van der Waals surface area contributed by atoms with Crippen molar-refractivity contribution in [1.29, 1.82) is 0 Å². The summed E-state index contributed by atoms with van der Waals surface area (Å²) in [6, 6.07) is 5.06. The number of thioether (sulfide) groups is 1. The van der Waals surface area contributed by atoms with Gasteiger partial charge in [-0.1, -0.05) is 17.9 Å². The zero-order chi connectivity index (χ0) is 14.6. The normalized spacial score (nSPS) is 18.4. The highest BCUT2D eigenvalue weighted by Crippen LogP contribution is 2.30. The smallest absolute Gasteiger partial charge is 0.138 e. The van der Waals surface area contributed by atoms with E-state index in [4.69, 9.17) is 5.11 Å². The molecule has 1 saturated heterocycles. The van der Waals surface area contributed by atoms with Crippen LogP contribution in [0.5, 0.6) is 0 Å². The second-order valence-corrected chi connectivity index (χ2v) is 7.39. The van der Waals surface area contributed by atoms with E-state index in [1.165, 1.54) is 6.07 Å². The summed E-state index contributed by atoms with van der Waals surface area (Å²) >= 11 is 2.00. The van der Waals surface area contributed by atoms with Crippen LogP contribution in [0.15, 0.2) is 18.2 Å². The van der Waals surface area contributed by atoms with E-state index in [0.29, 0.717) is 5.56 Å². The van der Waals surface area contributed by atoms with Crippen LogP contribution in [0.25, 0.3) is 0 Å². The van der Waals surface area contributed by atoms with Gasteiger partial charge in [-0.2, -0.15) is 11.8 Å². The van der Waals surface area contributed by atoms with E-state index in [9.17, 15) is 4.39 Å². The van der Waals surface area contributed by atoms with Crippen molar-refractivity contribution in [3.8, 4) is 11.8 Å². The fourth-order valence-corrected chi connectivity index (χ4v) is 3.58. The molecule has 1 aromatic rings. The highest BCUT2D eigenvalue weighted by Gasteiger charge is 2.26. The summed E-state index contributed by atoms with van der Waals surface area (Å²) in [5, 5.41) is 8.70. The minimum atomic E-state index is -0.329. The van der Waals surface area contributed by atoms with Gasteiger partial charge in [-0.05, 0) is 31.5 Å². The molecule has 4 heteroatoms. The second-order valence-electron chi connectivity index (χ2n) is 5.59. The molecule has 0 bridgehead atoms. The molecule has 0 amide bonds. The quantitative estimate of drug-likeness (QED) is 0.848. The summed E-state index contributed by atoms with van der Waals surface area (Å²) in [5.74, 6) is 5.96. The van der Waals surface area contributed by atoms with Gasteiger partial charge >= 0.3 is 0 Å². The number of aliphatic hydroxyl groups is 1. The molecule has 1 aliphatic heterocycles. The lowest BCUT2D eigenvalue weighted by Gasteiger charge is -2.37. The topological polar surface area (TPSA) is 23.5 Å². The molecule has 0 aromatic heterocycles. The Labute approximate surface area is 124 Å². The molecule has 1 aliphatic rings. The highest BCUT2D eigenvalue weighted by atomic mass is 32.2. The fraction of sp³-hybridized carbons (Fsp3) is 0.500. The van der Waals surface area contributed by atoms with Crippen molar-refractivity contribution in [2.24, 2.45) is 0 Å². The van der Waals surface area contributed by atoms with Gasteiger partial charge in [-0.15, -0.1) is 0 Å². The van der Waals surface area contributed by atoms with Crippen molar-refractivity contribution in [2.45, 2.75) is 25.1 Å². The standard InChI is InChI=1S/C16H20FNOS/c1-16(2)12-18(7-9-20-16)11-13-5-6-15(17)14(10-13)4-3-8-19/h5-6,10,19H,7-9,11-12H2,1-2H3. The molecule has 0 radical (unpaired) electrons. The maximum Gasteiger partial charge on any atom is 0.138 e. The Hall–Kier alpha value is -1.02. The van der Waals surface area contributed by atoms with Crippen LogP contribution in [0, 0.1) is 17.7 Å². The molecule has 1 N–H and O–H groups in total. The maximum atomic E-state index is 13.6. The fourth-order valence-electron chi connectivity index (χ4n) is 2.41. The Morgan fingerprint density at radius 2 is 2.25 bits per heavy atom. The Balaban J connectivity index is 2.09. The summed E-state index contributed by atoms with van der Waals surface area (Å²) < 4.78 is 13.9. The first-order valence-electron chi connectivity index (χ1n) is 6.75. The van der Waals surface area contributed by atoms with Gasteiger partial charge < -0.3 is 5.11 Å². The number of hydrogen-bond acceptors (Lipinski definition) is 3. The molecule has 0 atom stereocenters. The van der Waals surface area contributed by atoms with Crippen LogP contribution < -0.4 is 0 Å². The van der Waals surface area contributed by atoms with Crippen molar-refractivity contribution >= 4 is 11.8 Å². The molecule has 0 aliphatic carbocycles. The van der Waals surface area contributed by atoms with E-state index in [0.717, 1.165) is 31.0 Å². The van der Waals surface area contributed by atoms with Crippen LogP contribution in [0.3, 0.4) is 0 Å². The van der Waals surface area contributed by atoms with Crippen LogP contribution >= 0.6 is 11.8 Å². The van der Waals surface area contributed by atoms with Gasteiger partial charge in [0.25, 0.3) is 0 Å². The van der Waals surface area contributed by atoms with E-state index < -0.39 is 0 Å². The molecule has 0 spiro atoms. The predicted octanol–water partition coefficient (Wildman–Crippen LogP) is 2.50. The van der Waals surface area contributed by atoms with E-state index in [1.54, 1.807) is 6.07 Å². The highest BCUT2D eigenvalue weighted by molar-refractivity contribution is 8.00. The number of rotatable bonds is 2. The number of benzene rings is 1. The van der Waals surface area contributed by atoms with E-state index >= 15 is 0 Å². The summed E-state index contributed by atoms with van der Waals surface area (Å²) in [6.07, 6.45) is 0. The zero-order valence-corrected chi connectivity index (χ0v) is 12.8. The van der Waals surface area contributed by atoms with Gasteiger partial charge in [0.2, 0.25) is 0 Å². The first-order chi connectivity index (χ1) is 9.50. The van der Waals surface area contributed by atoms with Gasteiger partial charge in [0.1, 0.15) is 12.4 Å². The molecule has 2 nitrogen and oxygen atoms in total. The first kappa shape index (κ1) is 15.4. The van der Waals surface area contributed by atoms with Gasteiger partial charge in [0, 0.05) is 30.1 Å². The van der Waals surface area contributed by atoms with E-state index in [-0.39, 0.29) is 17.2 Å². The van der Waals surface area contributed by atoms with Gasteiger partial charge in [0.15, 0.2) is 0 Å². The summed E-state index contributed by atoms with van der Waals surface area (Å²) in [5.41, 5.74) is 1.43. The lowest BCUT2D eigenvalue weighted by Crippen LogP contribution is -2.42. The van der Waals surface area contributed by atoms with E-state index in [2.05, 4.69) is 30.6 Å². The Morgan fingerprint density at radius 3 is 2.95 bits per heavy atom. The van der Waals surface area contributed by atoms with Crippen molar-refractivity contribution < 1.29 is 9.50 Å². The summed E-state index contributed by atoms with van der Waals surface area (Å²) in [6.45, 7) is 7.17. The molecular formula is C16H20FNOS. The van der Waals surface area contributed by atoms with Crippen molar-refractivity contribution in [1.82, 2.24) is 4.90 Å². The van der Waals surface area contributed by atoms with Crippen molar-refractivity contribution in [2.75, 3.05) is 25.4 Å². The van der Waals surface area contributed by atoms with E-state index in [1.807, 2.05) is 17.8 Å². The maximum absolute atomic E-state index is 13.6. The molecule has 108 valence electrons. The van der Waals surface area contributed by atoms with Gasteiger partial charge in [-0.25, -0.2) is 4.39 Å². The minimum Gasteiger partial charge on any atom is -0.384 e. The Kier molecular flexibility index (Phi) is 5.09. The summed E-state index contributed by atoms with van der Waals surface area (Å²) in [4.78, 5) is 2.40. The number of aliphatic hydroxyl groups excluding tert-OH is 1. The molecule has 1 aromatic carbocycles. The SMILES string of the molecule is CC1(C)CN(Cc2ccc(F)c(C#CCO)c2)CCS1. The van der Waals surface area contributed by atoms with Gasteiger partial charge in [0.05, 0.1) is 5.56 Å². The third kappa shape index (κ3) is 4.24. The average Bonchev–Trinajstić information content (AvgIpc) is 2.38. The molecule has 20 heavy (non-hydrogen) atoms. The summed E-state index contributed by atoms with van der Waals surface area (Å²) in [7, 11) is 0. The third-order valence-electron chi connectivity index (χ3n) is 3.24. The zero-order valence-electron chi connectivity index (χ0n) is 11.9. The van der Waals surface area contributed by atoms with Crippen LogP contribution in [-0.4, -0.2) is 40.2 Å². The number of halogens is 1. The molecule has 2 rings (SSSR count). The molecule has 0 saturated carbocycles. The second kappa shape index (κ2) is 6.62. The average molecular weight is 293 g/mol. The monoisotopic (exact) mass is 293 g/mol. The Morgan fingerprint density at radius 1 is 1.45 bits per heavy atom. The lowest BCUT2D eigenvalue weighted by atomic mass is 10.1. The third-order valence-corrected chi connectivity index (χ3v) is 4.54. The van der Waals surface area contributed by atoms with Crippen LogP contribution in [0.2, 0.25) is 0 Å². The van der Waals surface area contributed by atoms with Gasteiger partial charge in [-0.3, -0.25) is 4.90 Å². The van der Waals surface area contributed by atoms with Crippen LogP contribution in [0.4, 0.5) is 4.39 Å². The van der Waals surface area contributed by atoms with Crippen LogP contribution in [-0.2, 0) is 6.54 Å². The number of hydrogen-bond donors (Lipinski definition) is 1. The molecule has 1 fully saturated rings. The Bertz CT molecular complexity index is 533.